The number of aromatic hydroxyl groups is 1. The first kappa shape index (κ1) is 14.0. The van der Waals surface area contributed by atoms with Crippen LogP contribution in [0.5, 0.6) is 5.88 Å². The van der Waals surface area contributed by atoms with E-state index in [1.807, 2.05) is 24.3 Å². The molecule has 0 atom stereocenters. The van der Waals surface area contributed by atoms with Gasteiger partial charge in [-0.2, -0.15) is 0 Å². The fourth-order valence-corrected chi connectivity index (χ4v) is 2.22. The van der Waals surface area contributed by atoms with Crippen LogP contribution in [0.2, 0.25) is 0 Å². The van der Waals surface area contributed by atoms with Crippen molar-refractivity contribution in [2.24, 2.45) is 16.0 Å². The number of aromatic nitrogens is 1. The number of amides is 2. The standard InChI is InChI=1S/C14H18N4O2/c1-2-3-6-9-18-11-8-5-4-7-10(11)12(13(18)19)16-17-14(15)20/h4-5,7-8,19H,2-3,6,9H2,1H3,(H2,15,20). The van der Waals surface area contributed by atoms with Crippen LogP contribution in [0, 0.1) is 0 Å². The Balaban J connectivity index is 2.46. The van der Waals surface area contributed by atoms with Crippen molar-refractivity contribution < 1.29 is 9.90 Å². The molecule has 1 aromatic heterocycles. The molecule has 2 rings (SSSR count). The Morgan fingerprint density at radius 2 is 2.10 bits per heavy atom. The van der Waals surface area contributed by atoms with Gasteiger partial charge in [0.15, 0.2) is 5.69 Å². The summed E-state index contributed by atoms with van der Waals surface area (Å²) in [5.41, 5.74) is 6.11. The molecule has 0 aliphatic heterocycles. The minimum atomic E-state index is -0.882. The molecular weight excluding hydrogens is 256 g/mol. The molecule has 3 N–H and O–H groups in total. The molecule has 0 unspecified atom stereocenters. The predicted molar refractivity (Wildman–Crippen MR) is 77.2 cm³/mol. The van der Waals surface area contributed by atoms with Crippen molar-refractivity contribution in [2.75, 3.05) is 0 Å². The van der Waals surface area contributed by atoms with Crippen molar-refractivity contribution in [3.63, 3.8) is 0 Å². The third kappa shape index (κ3) is 2.79. The van der Waals surface area contributed by atoms with Crippen LogP contribution in [-0.4, -0.2) is 15.7 Å². The Morgan fingerprint density at radius 3 is 2.80 bits per heavy atom. The Morgan fingerprint density at radius 1 is 1.35 bits per heavy atom. The van der Waals surface area contributed by atoms with Gasteiger partial charge in [-0.15, -0.1) is 5.11 Å². The Kier molecular flexibility index (Phi) is 4.34. The van der Waals surface area contributed by atoms with Gasteiger partial charge in [0.2, 0.25) is 5.88 Å². The van der Waals surface area contributed by atoms with E-state index in [1.165, 1.54) is 0 Å². The molecule has 0 saturated heterocycles. The van der Waals surface area contributed by atoms with Crippen LogP contribution < -0.4 is 5.73 Å². The third-order valence-electron chi connectivity index (χ3n) is 3.15. The summed E-state index contributed by atoms with van der Waals surface area (Å²) in [4.78, 5) is 10.7. The highest BCUT2D eigenvalue weighted by atomic mass is 16.3. The fraction of sp³-hybridized carbons (Fsp3) is 0.357. The first-order valence-corrected chi connectivity index (χ1v) is 6.66. The number of nitrogens with zero attached hydrogens (tertiary/aromatic N) is 3. The van der Waals surface area contributed by atoms with Crippen molar-refractivity contribution in [3.8, 4) is 5.88 Å². The topological polar surface area (TPSA) is 93.0 Å². The van der Waals surface area contributed by atoms with Crippen molar-refractivity contribution in [1.29, 1.82) is 0 Å². The van der Waals surface area contributed by atoms with Gasteiger partial charge in [-0.1, -0.05) is 43.1 Å². The number of para-hydroxylation sites is 1. The van der Waals surface area contributed by atoms with Crippen LogP contribution in [0.1, 0.15) is 26.2 Å². The molecule has 0 spiro atoms. The van der Waals surface area contributed by atoms with Gasteiger partial charge in [0.25, 0.3) is 0 Å². The van der Waals surface area contributed by atoms with Crippen LogP contribution >= 0.6 is 0 Å². The van der Waals surface area contributed by atoms with Crippen molar-refractivity contribution >= 4 is 22.6 Å². The normalized spacial score (nSPS) is 11.4. The number of unbranched alkanes of at least 4 members (excludes halogenated alkanes) is 2. The van der Waals surface area contributed by atoms with E-state index in [-0.39, 0.29) is 11.6 Å². The monoisotopic (exact) mass is 274 g/mol. The zero-order valence-corrected chi connectivity index (χ0v) is 11.4. The molecule has 0 bridgehead atoms. The number of fused-ring (bicyclic) bond motifs is 1. The first-order chi connectivity index (χ1) is 9.65. The smallest absolute Gasteiger partial charge is 0.356 e. The van der Waals surface area contributed by atoms with Crippen molar-refractivity contribution in [3.05, 3.63) is 24.3 Å². The van der Waals surface area contributed by atoms with Gasteiger partial charge in [0.1, 0.15) is 0 Å². The van der Waals surface area contributed by atoms with Crippen LogP contribution in [0.4, 0.5) is 10.5 Å². The second-order valence-electron chi connectivity index (χ2n) is 4.59. The molecule has 1 heterocycles. The summed E-state index contributed by atoms with van der Waals surface area (Å²) in [6, 6.07) is 6.60. The molecule has 2 aromatic rings. The minimum Gasteiger partial charge on any atom is -0.493 e. The zero-order chi connectivity index (χ0) is 14.5. The van der Waals surface area contributed by atoms with Crippen molar-refractivity contribution in [1.82, 2.24) is 4.57 Å². The second kappa shape index (κ2) is 6.18. The lowest BCUT2D eigenvalue weighted by molar-refractivity contribution is 0.255. The SMILES string of the molecule is CCCCCn1c(O)c(N=NC(N)=O)c2ccccc21. The lowest BCUT2D eigenvalue weighted by Gasteiger charge is -2.05. The van der Waals surface area contributed by atoms with Crippen LogP contribution in [-0.2, 0) is 6.54 Å². The van der Waals surface area contributed by atoms with E-state index in [0.29, 0.717) is 6.54 Å². The van der Waals surface area contributed by atoms with E-state index in [1.54, 1.807) is 4.57 Å². The fourth-order valence-electron chi connectivity index (χ4n) is 2.22. The number of rotatable bonds is 5. The van der Waals surface area contributed by atoms with Crippen LogP contribution in [0.15, 0.2) is 34.5 Å². The molecule has 106 valence electrons. The average Bonchev–Trinajstić information content (AvgIpc) is 2.70. The summed E-state index contributed by atoms with van der Waals surface area (Å²) in [7, 11) is 0. The van der Waals surface area contributed by atoms with Gasteiger partial charge in [-0.25, -0.2) is 4.79 Å². The number of azo groups is 1. The molecule has 6 heteroatoms. The molecule has 2 amide bonds. The van der Waals surface area contributed by atoms with Gasteiger partial charge in [0.05, 0.1) is 5.52 Å². The molecule has 0 radical (unpaired) electrons. The highest BCUT2D eigenvalue weighted by Gasteiger charge is 2.15. The molecule has 20 heavy (non-hydrogen) atoms. The third-order valence-corrected chi connectivity index (χ3v) is 3.15. The molecule has 0 aliphatic carbocycles. The number of aryl methyl sites for hydroxylation is 1. The van der Waals surface area contributed by atoms with E-state index in [9.17, 15) is 9.90 Å². The predicted octanol–water partition coefficient (Wildman–Crippen LogP) is 3.70. The number of carbonyl (C=O) groups is 1. The second-order valence-corrected chi connectivity index (χ2v) is 4.59. The van der Waals surface area contributed by atoms with Crippen LogP contribution in [0.3, 0.4) is 0 Å². The highest BCUT2D eigenvalue weighted by Crippen LogP contribution is 2.38. The van der Waals surface area contributed by atoms with E-state index in [0.717, 1.165) is 30.2 Å². The molecule has 6 nitrogen and oxygen atoms in total. The Hall–Kier alpha value is -2.37. The maximum atomic E-state index is 10.7. The van der Waals surface area contributed by atoms with E-state index >= 15 is 0 Å². The van der Waals surface area contributed by atoms with Gasteiger partial charge in [0, 0.05) is 11.9 Å². The molecule has 0 fully saturated rings. The Labute approximate surface area is 116 Å². The number of carbonyl (C=O) groups excluding carboxylic acids is 1. The zero-order valence-electron chi connectivity index (χ0n) is 11.4. The number of urea groups is 1. The summed E-state index contributed by atoms with van der Waals surface area (Å²) < 4.78 is 1.79. The summed E-state index contributed by atoms with van der Waals surface area (Å²) in [6.07, 6.45) is 3.16. The summed E-state index contributed by atoms with van der Waals surface area (Å²) in [5, 5.41) is 18.1. The average molecular weight is 274 g/mol. The summed E-state index contributed by atoms with van der Waals surface area (Å²) in [6.45, 7) is 2.83. The first-order valence-electron chi connectivity index (χ1n) is 6.66. The van der Waals surface area contributed by atoms with Crippen LogP contribution in [0.25, 0.3) is 10.9 Å². The lowest BCUT2D eigenvalue weighted by Crippen LogP contribution is -2.01. The van der Waals surface area contributed by atoms with Gasteiger partial charge in [-0.3, -0.25) is 0 Å². The van der Waals surface area contributed by atoms with E-state index in [2.05, 4.69) is 17.2 Å². The minimum absolute atomic E-state index is 0.0207. The van der Waals surface area contributed by atoms with Gasteiger partial charge < -0.3 is 15.4 Å². The largest absolute Gasteiger partial charge is 0.493 e. The van der Waals surface area contributed by atoms with Crippen molar-refractivity contribution in [2.45, 2.75) is 32.7 Å². The number of primary amides is 1. The Bertz CT molecular complexity index is 646. The molecular formula is C14H18N4O2. The van der Waals surface area contributed by atoms with E-state index < -0.39 is 6.03 Å². The maximum Gasteiger partial charge on any atom is 0.356 e. The number of benzene rings is 1. The summed E-state index contributed by atoms with van der Waals surface area (Å²) >= 11 is 0. The summed E-state index contributed by atoms with van der Waals surface area (Å²) in [5.74, 6) is 0.0207. The van der Waals surface area contributed by atoms with E-state index in [4.69, 9.17) is 5.73 Å². The molecule has 0 saturated carbocycles. The molecule has 1 aromatic carbocycles. The number of hydrogen-bond donors (Lipinski definition) is 2. The lowest BCUT2D eigenvalue weighted by atomic mass is 10.2. The maximum absolute atomic E-state index is 10.7. The van der Waals surface area contributed by atoms with Gasteiger partial charge in [-0.05, 0) is 12.5 Å². The number of nitrogens with two attached hydrogens (primary N) is 1. The quantitative estimate of drug-likeness (QED) is 0.642. The van der Waals surface area contributed by atoms with Gasteiger partial charge >= 0.3 is 6.03 Å². The molecule has 0 aliphatic rings. The number of hydrogen-bond acceptors (Lipinski definition) is 3. The highest BCUT2D eigenvalue weighted by molar-refractivity contribution is 5.95.